The van der Waals surface area contributed by atoms with E-state index in [9.17, 15) is 9.59 Å². The Kier molecular flexibility index (Phi) is 2.82. The Labute approximate surface area is 96.9 Å². The van der Waals surface area contributed by atoms with Crippen molar-refractivity contribution in [1.29, 1.82) is 0 Å². The van der Waals surface area contributed by atoms with Crippen LogP contribution in [0.1, 0.15) is 0 Å². The molecule has 0 saturated carbocycles. The number of nitrogens with zero attached hydrogens (tertiary/aromatic N) is 1. The van der Waals surface area contributed by atoms with Crippen molar-refractivity contribution in [3.8, 4) is 5.75 Å². The predicted molar refractivity (Wildman–Crippen MR) is 62.4 cm³/mol. The molecule has 5 heteroatoms. The summed E-state index contributed by atoms with van der Waals surface area (Å²) in [7, 11) is 1.48. The average molecular weight is 233 g/mol. The molecule has 0 fully saturated rings. The zero-order valence-corrected chi connectivity index (χ0v) is 9.21. The van der Waals surface area contributed by atoms with Gasteiger partial charge in [0.05, 0.1) is 12.6 Å². The lowest BCUT2D eigenvalue weighted by atomic mass is 10.2. The van der Waals surface area contributed by atoms with E-state index in [1.54, 1.807) is 24.3 Å². The summed E-state index contributed by atoms with van der Waals surface area (Å²) in [5, 5.41) is 9.58. The second kappa shape index (κ2) is 4.29. The molecule has 1 aromatic heterocycles. The van der Waals surface area contributed by atoms with Crippen LogP contribution >= 0.6 is 0 Å². The number of pyridine rings is 1. The molecule has 2 aromatic rings. The first-order valence-electron chi connectivity index (χ1n) is 5.02. The summed E-state index contributed by atoms with van der Waals surface area (Å²) in [6, 6.07) is 8.29. The van der Waals surface area contributed by atoms with Crippen LogP contribution in [0.15, 0.2) is 35.1 Å². The fraction of sp³-hybridized carbons (Fsp3) is 0.167. The lowest BCUT2D eigenvalue weighted by Crippen LogP contribution is -2.23. The van der Waals surface area contributed by atoms with Crippen LogP contribution < -0.4 is 10.3 Å². The second-order valence-corrected chi connectivity index (χ2v) is 3.55. The van der Waals surface area contributed by atoms with Gasteiger partial charge in [-0.15, -0.1) is 0 Å². The summed E-state index contributed by atoms with van der Waals surface area (Å²) in [5.41, 5.74) is 0.148. The number of rotatable bonds is 3. The van der Waals surface area contributed by atoms with Gasteiger partial charge in [0.25, 0.3) is 5.56 Å². The number of carbonyl (C=O) groups is 1. The number of hydrogen-bond acceptors (Lipinski definition) is 3. The molecule has 0 unspecified atom stereocenters. The predicted octanol–water partition coefficient (Wildman–Crippen LogP) is 1.09. The summed E-state index contributed by atoms with van der Waals surface area (Å²) in [4.78, 5) is 22.4. The molecule has 1 aromatic carbocycles. The zero-order valence-electron chi connectivity index (χ0n) is 9.21. The fourth-order valence-corrected chi connectivity index (χ4v) is 1.78. The Morgan fingerprint density at radius 3 is 2.76 bits per heavy atom. The largest absolute Gasteiger partial charge is 0.495 e. The van der Waals surface area contributed by atoms with Crippen molar-refractivity contribution < 1.29 is 14.6 Å². The van der Waals surface area contributed by atoms with Gasteiger partial charge in [-0.05, 0) is 12.1 Å². The molecule has 17 heavy (non-hydrogen) atoms. The number of fused-ring (bicyclic) bond motifs is 1. The van der Waals surface area contributed by atoms with E-state index in [0.717, 1.165) is 5.39 Å². The third-order valence-corrected chi connectivity index (χ3v) is 2.48. The van der Waals surface area contributed by atoms with E-state index in [1.807, 2.05) is 0 Å². The minimum absolute atomic E-state index is 0.357. The van der Waals surface area contributed by atoms with E-state index in [4.69, 9.17) is 9.84 Å². The van der Waals surface area contributed by atoms with Gasteiger partial charge in [0.1, 0.15) is 12.3 Å². The molecule has 1 heterocycles. The van der Waals surface area contributed by atoms with Crippen LogP contribution in [0.2, 0.25) is 0 Å². The highest BCUT2D eigenvalue weighted by atomic mass is 16.5. The molecule has 0 aliphatic heterocycles. The molecule has 0 aliphatic rings. The molecule has 2 rings (SSSR count). The Hall–Kier alpha value is -2.30. The summed E-state index contributed by atoms with van der Waals surface area (Å²) >= 11 is 0. The van der Waals surface area contributed by atoms with Crippen LogP contribution in [0.5, 0.6) is 5.75 Å². The van der Waals surface area contributed by atoms with Gasteiger partial charge in [0.15, 0.2) is 0 Å². The van der Waals surface area contributed by atoms with Crippen LogP contribution in [-0.2, 0) is 11.3 Å². The molecule has 88 valence electrons. The Morgan fingerprint density at radius 1 is 1.35 bits per heavy atom. The maximum Gasteiger partial charge on any atom is 0.323 e. The van der Waals surface area contributed by atoms with Crippen molar-refractivity contribution in [1.82, 2.24) is 4.57 Å². The number of methoxy groups -OCH3 is 1. The van der Waals surface area contributed by atoms with Crippen molar-refractivity contribution in [2.24, 2.45) is 0 Å². The minimum atomic E-state index is -1.06. The zero-order chi connectivity index (χ0) is 12.4. The quantitative estimate of drug-likeness (QED) is 0.861. The second-order valence-electron chi connectivity index (χ2n) is 3.55. The van der Waals surface area contributed by atoms with Crippen LogP contribution in [0.25, 0.3) is 10.9 Å². The Balaban J connectivity index is 2.82. The van der Waals surface area contributed by atoms with E-state index >= 15 is 0 Å². The smallest absolute Gasteiger partial charge is 0.323 e. The van der Waals surface area contributed by atoms with Gasteiger partial charge in [-0.1, -0.05) is 12.1 Å². The molecule has 5 nitrogen and oxygen atoms in total. The SMILES string of the molecule is COc1cccc2ccc(=O)n(CC(=O)O)c12. The molecule has 0 spiro atoms. The van der Waals surface area contributed by atoms with Crippen molar-refractivity contribution in [2.45, 2.75) is 6.54 Å². The van der Waals surface area contributed by atoms with E-state index in [2.05, 4.69) is 0 Å². The average Bonchev–Trinajstić information content (AvgIpc) is 2.31. The third kappa shape index (κ3) is 1.99. The number of para-hydroxylation sites is 1. The van der Waals surface area contributed by atoms with E-state index in [-0.39, 0.29) is 12.1 Å². The van der Waals surface area contributed by atoms with E-state index in [0.29, 0.717) is 11.3 Å². The summed E-state index contributed by atoms with van der Waals surface area (Å²) < 4.78 is 6.34. The van der Waals surface area contributed by atoms with Crippen molar-refractivity contribution in [3.05, 3.63) is 40.7 Å². The highest BCUT2D eigenvalue weighted by Crippen LogP contribution is 2.23. The Morgan fingerprint density at radius 2 is 2.12 bits per heavy atom. The maximum atomic E-state index is 11.7. The van der Waals surface area contributed by atoms with Crippen molar-refractivity contribution in [3.63, 3.8) is 0 Å². The maximum absolute atomic E-state index is 11.7. The highest BCUT2D eigenvalue weighted by Gasteiger charge is 2.10. The van der Waals surface area contributed by atoms with Gasteiger partial charge in [-0.3, -0.25) is 14.2 Å². The first kappa shape index (κ1) is 11.2. The van der Waals surface area contributed by atoms with Crippen LogP contribution in [0.4, 0.5) is 0 Å². The molecular weight excluding hydrogens is 222 g/mol. The van der Waals surface area contributed by atoms with Crippen molar-refractivity contribution >= 4 is 16.9 Å². The minimum Gasteiger partial charge on any atom is -0.495 e. The first-order valence-corrected chi connectivity index (χ1v) is 5.02. The normalized spacial score (nSPS) is 10.4. The number of benzene rings is 1. The van der Waals surface area contributed by atoms with Gasteiger partial charge < -0.3 is 9.84 Å². The van der Waals surface area contributed by atoms with Crippen molar-refractivity contribution in [2.75, 3.05) is 7.11 Å². The first-order chi connectivity index (χ1) is 8.13. The molecular formula is C12H11NO4. The van der Waals surface area contributed by atoms with Crippen LogP contribution in [0, 0.1) is 0 Å². The monoisotopic (exact) mass is 233 g/mol. The van der Waals surface area contributed by atoms with E-state index < -0.39 is 5.97 Å². The van der Waals surface area contributed by atoms with Crippen LogP contribution in [-0.4, -0.2) is 22.8 Å². The number of ether oxygens (including phenoxy) is 1. The molecule has 0 amide bonds. The topological polar surface area (TPSA) is 68.5 Å². The standard InChI is InChI=1S/C12H11NO4/c1-17-9-4-2-3-8-5-6-10(14)13(12(8)9)7-11(15)16/h2-6H,7H2,1H3,(H,15,16). The number of carboxylic acid groups (broad SMARTS) is 1. The molecule has 0 aliphatic carbocycles. The van der Waals surface area contributed by atoms with Gasteiger partial charge in [0, 0.05) is 11.5 Å². The van der Waals surface area contributed by atoms with Gasteiger partial charge >= 0.3 is 5.97 Å². The molecule has 0 atom stereocenters. The van der Waals surface area contributed by atoms with Gasteiger partial charge in [-0.25, -0.2) is 0 Å². The number of aromatic nitrogens is 1. The summed E-state index contributed by atoms with van der Waals surface area (Å²) in [6.07, 6.45) is 0. The molecule has 0 saturated heterocycles. The third-order valence-electron chi connectivity index (χ3n) is 2.48. The lowest BCUT2D eigenvalue weighted by Gasteiger charge is -2.11. The van der Waals surface area contributed by atoms with Crippen LogP contribution in [0.3, 0.4) is 0 Å². The fourth-order valence-electron chi connectivity index (χ4n) is 1.78. The number of carboxylic acids is 1. The molecule has 0 radical (unpaired) electrons. The molecule has 0 bridgehead atoms. The van der Waals surface area contributed by atoms with Gasteiger partial charge in [0.2, 0.25) is 0 Å². The highest BCUT2D eigenvalue weighted by molar-refractivity contribution is 5.86. The summed E-state index contributed by atoms with van der Waals surface area (Å²) in [6.45, 7) is -0.378. The number of aliphatic carboxylic acids is 1. The summed E-state index contributed by atoms with van der Waals surface area (Å²) in [5.74, 6) is -0.577. The lowest BCUT2D eigenvalue weighted by molar-refractivity contribution is -0.137. The molecule has 1 N–H and O–H groups in total. The number of hydrogen-bond donors (Lipinski definition) is 1. The van der Waals surface area contributed by atoms with Gasteiger partial charge in [-0.2, -0.15) is 0 Å². The van der Waals surface area contributed by atoms with E-state index in [1.165, 1.54) is 17.7 Å². The Bertz CT molecular complexity index is 630.